The Morgan fingerprint density at radius 1 is 1.47 bits per heavy atom. The van der Waals surface area contributed by atoms with Gasteiger partial charge in [-0.1, -0.05) is 0 Å². The van der Waals surface area contributed by atoms with Gasteiger partial charge in [-0.25, -0.2) is 9.18 Å². The molecule has 0 aliphatic carbocycles. The van der Waals surface area contributed by atoms with E-state index in [1.54, 1.807) is 0 Å². The average molecular weight is 239 g/mol. The molecule has 88 valence electrons. The summed E-state index contributed by atoms with van der Waals surface area (Å²) in [6.45, 7) is 0. The van der Waals surface area contributed by atoms with E-state index in [0.29, 0.717) is 6.08 Å². The van der Waals surface area contributed by atoms with Gasteiger partial charge in [-0.05, 0) is 12.1 Å². The molecule has 0 aliphatic heterocycles. The zero-order valence-electron chi connectivity index (χ0n) is 8.29. The number of aldehydes is 1. The summed E-state index contributed by atoms with van der Waals surface area (Å²) < 4.78 is 13.6. The molecule has 1 N–H and O–H groups in total. The smallest absolute Gasteiger partial charge is 0.328 e. The van der Waals surface area contributed by atoms with Gasteiger partial charge in [0.2, 0.25) is 0 Å². The third-order valence-corrected chi connectivity index (χ3v) is 1.90. The van der Waals surface area contributed by atoms with Crippen molar-refractivity contribution in [3.63, 3.8) is 0 Å². The van der Waals surface area contributed by atoms with Crippen molar-refractivity contribution in [2.45, 2.75) is 0 Å². The summed E-state index contributed by atoms with van der Waals surface area (Å²) in [7, 11) is 0. The van der Waals surface area contributed by atoms with E-state index in [-0.39, 0.29) is 11.8 Å². The van der Waals surface area contributed by atoms with Gasteiger partial charge >= 0.3 is 5.97 Å². The Balaban J connectivity index is 3.44. The van der Waals surface area contributed by atoms with E-state index in [9.17, 15) is 24.1 Å². The zero-order chi connectivity index (χ0) is 13.0. The first-order valence-corrected chi connectivity index (χ1v) is 4.30. The Morgan fingerprint density at radius 3 is 2.59 bits per heavy atom. The number of nitrogens with zero attached hydrogens (tertiary/aromatic N) is 1. The number of nitro benzene ring substituents is 1. The van der Waals surface area contributed by atoms with Gasteiger partial charge in [0.05, 0.1) is 16.1 Å². The number of rotatable bonds is 4. The van der Waals surface area contributed by atoms with Crippen LogP contribution in [0.1, 0.15) is 15.9 Å². The maximum Gasteiger partial charge on any atom is 0.328 e. The lowest BCUT2D eigenvalue weighted by atomic mass is 10.1. The lowest BCUT2D eigenvalue weighted by Gasteiger charge is -2.01. The second-order valence-corrected chi connectivity index (χ2v) is 2.95. The van der Waals surface area contributed by atoms with Gasteiger partial charge in [-0.3, -0.25) is 14.9 Å². The molecule has 7 heteroatoms. The predicted molar refractivity (Wildman–Crippen MR) is 55.1 cm³/mol. The summed E-state index contributed by atoms with van der Waals surface area (Å²) >= 11 is 0. The van der Waals surface area contributed by atoms with Gasteiger partial charge in [0.15, 0.2) is 6.29 Å². The molecule has 17 heavy (non-hydrogen) atoms. The molecule has 0 aromatic heterocycles. The molecular formula is C10H6FNO5. The summed E-state index contributed by atoms with van der Waals surface area (Å²) in [5.41, 5.74) is -1.52. The zero-order valence-corrected chi connectivity index (χ0v) is 8.29. The van der Waals surface area contributed by atoms with Gasteiger partial charge in [0, 0.05) is 12.1 Å². The number of aliphatic carboxylic acids is 1. The normalized spacial score (nSPS) is 10.4. The predicted octanol–water partition coefficient (Wildman–Crippen LogP) is 1.64. The molecule has 1 aromatic carbocycles. The van der Waals surface area contributed by atoms with Crippen LogP contribution in [0.4, 0.5) is 10.1 Å². The number of carboxylic acid groups (broad SMARTS) is 1. The maximum absolute atomic E-state index is 13.6. The molecule has 1 aromatic rings. The van der Waals surface area contributed by atoms with Gasteiger partial charge in [-0.15, -0.1) is 0 Å². The molecule has 0 bridgehead atoms. The van der Waals surface area contributed by atoms with Crippen LogP contribution in [-0.2, 0) is 4.79 Å². The first-order chi connectivity index (χ1) is 7.97. The molecule has 6 nitrogen and oxygen atoms in total. The van der Waals surface area contributed by atoms with Crippen molar-refractivity contribution < 1.29 is 24.0 Å². The summed E-state index contributed by atoms with van der Waals surface area (Å²) in [6.07, 6.45) is 1.49. The molecule has 0 heterocycles. The van der Waals surface area contributed by atoms with Gasteiger partial charge in [0.25, 0.3) is 5.69 Å². The topological polar surface area (TPSA) is 97.5 Å². The van der Waals surface area contributed by atoms with Gasteiger partial charge in [0.1, 0.15) is 5.82 Å². The molecule has 0 unspecified atom stereocenters. The fourth-order valence-electron chi connectivity index (χ4n) is 1.16. The Kier molecular flexibility index (Phi) is 3.66. The highest BCUT2D eigenvalue weighted by Crippen LogP contribution is 2.25. The highest BCUT2D eigenvalue weighted by molar-refractivity contribution is 5.87. The van der Waals surface area contributed by atoms with E-state index < -0.39 is 28.0 Å². The third kappa shape index (κ3) is 2.71. The van der Waals surface area contributed by atoms with Crippen molar-refractivity contribution in [1.82, 2.24) is 0 Å². The van der Waals surface area contributed by atoms with Crippen molar-refractivity contribution in [3.05, 3.63) is 45.3 Å². The van der Waals surface area contributed by atoms with Gasteiger partial charge < -0.3 is 5.11 Å². The number of halogens is 1. The molecule has 0 radical (unpaired) electrons. The molecule has 0 fully saturated rings. The number of nitro groups is 1. The largest absolute Gasteiger partial charge is 0.478 e. The molecule has 0 saturated carbocycles. The van der Waals surface area contributed by atoms with E-state index in [1.165, 1.54) is 0 Å². The molecule has 0 saturated heterocycles. The van der Waals surface area contributed by atoms with Crippen LogP contribution < -0.4 is 0 Å². The molecule has 0 spiro atoms. The van der Waals surface area contributed by atoms with Crippen molar-refractivity contribution in [1.29, 1.82) is 0 Å². The minimum Gasteiger partial charge on any atom is -0.478 e. The van der Waals surface area contributed by atoms with E-state index in [2.05, 4.69) is 0 Å². The van der Waals surface area contributed by atoms with E-state index >= 15 is 0 Å². The first kappa shape index (κ1) is 12.5. The quantitative estimate of drug-likeness (QED) is 0.373. The lowest BCUT2D eigenvalue weighted by Crippen LogP contribution is -1.99. The van der Waals surface area contributed by atoms with Crippen molar-refractivity contribution in [3.8, 4) is 0 Å². The molecule has 0 amide bonds. The van der Waals surface area contributed by atoms with Crippen molar-refractivity contribution in [2.24, 2.45) is 0 Å². The molecule has 0 aliphatic rings. The van der Waals surface area contributed by atoms with E-state index in [4.69, 9.17) is 5.11 Å². The third-order valence-electron chi connectivity index (χ3n) is 1.90. The summed E-state index contributed by atoms with van der Waals surface area (Å²) in [5, 5.41) is 19.0. The Labute approximate surface area is 94.1 Å². The van der Waals surface area contributed by atoms with Crippen LogP contribution in [0, 0.1) is 15.9 Å². The first-order valence-electron chi connectivity index (χ1n) is 4.30. The number of carbonyl (C=O) groups excluding carboxylic acids is 1. The maximum atomic E-state index is 13.6. The van der Waals surface area contributed by atoms with Crippen LogP contribution in [-0.4, -0.2) is 22.3 Å². The van der Waals surface area contributed by atoms with E-state index in [0.717, 1.165) is 18.2 Å². The Hall–Kier alpha value is -2.57. The SMILES string of the molecule is O=Cc1ccc([N+](=O)[O-])c(/C=C/C(=O)O)c1F. The molecular weight excluding hydrogens is 233 g/mol. The van der Waals surface area contributed by atoms with Crippen molar-refractivity contribution >= 4 is 24.0 Å². The second-order valence-electron chi connectivity index (χ2n) is 2.95. The fourth-order valence-corrected chi connectivity index (χ4v) is 1.16. The molecule has 1 rings (SSSR count). The number of hydrogen-bond acceptors (Lipinski definition) is 4. The number of benzene rings is 1. The van der Waals surface area contributed by atoms with Crippen LogP contribution in [0.25, 0.3) is 6.08 Å². The Morgan fingerprint density at radius 2 is 2.12 bits per heavy atom. The minimum atomic E-state index is -1.38. The molecule has 0 atom stereocenters. The number of carbonyl (C=O) groups is 2. The van der Waals surface area contributed by atoms with Crippen molar-refractivity contribution in [2.75, 3.05) is 0 Å². The van der Waals surface area contributed by atoms with Crippen LogP contribution in [0.15, 0.2) is 18.2 Å². The highest BCUT2D eigenvalue weighted by atomic mass is 19.1. The monoisotopic (exact) mass is 239 g/mol. The number of carboxylic acids is 1. The van der Waals surface area contributed by atoms with Crippen LogP contribution >= 0.6 is 0 Å². The van der Waals surface area contributed by atoms with Crippen LogP contribution in [0.5, 0.6) is 0 Å². The summed E-state index contributed by atoms with van der Waals surface area (Å²) in [6, 6.07) is 1.90. The Bertz CT molecular complexity index is 524. The second kappa shape index (κ2) is 4.97. The van der Waals surface area contributed by atoms with Crippen LogP contribution in [0.2, 0.25) is 0 Å². The summed E-state index contributed by atoms with van der Waals surface area (Å²) in [5.74, 6) is -2.50. The standard InChI is InChI=1S/C10H6FNO5/c11-10-6(5-13)1-3-8(12(16)17)7(10)2-4-9(14)15/h1-5H,(H,14,15)/b4-2+. The lowest BCUT2D eigenvalue weighted by molar-refractivity contribution is -0.385. The average Bonchev–Trinajstić information content (AvgIpc) is 2.26. The van der Waals surface area contributed by atoms with Gasteiger partial charge in [-0.2, -0.15) is 0 Å². The van der Waals surface area contributed by atoms with E-state index in [1.807, 2.05) is 0 Å². The fraction of sp³-hybridized carbons (Fsp3) is 0. The number of hydrogen-bond donors (Lipinski definition) is 1. The summed E-state index contributed by atoms with van der Waals surface area (Å²) in [4.78, 5) is 30.4. The van der Waals surface area contributed by atoms with Crippen LogP contribution in [0.3, 0.4) is 0 Å². The minimum absolute atomic E-state index is 0.192. The highest BCUT2D eigenvalue weighted by Gasteiger charge is 2.18.